The summed E-state index contributed by atoms with van der Waals surface area (Å²) in [6.45, 7) is 8.27. The van der Waals surface area contributed by atoms with Crippen LogP contribution in [0.1, 0.15) is 38.3 Å². The highest BCUT2D eigenvalue weighted by molar-refractivity contribution is 6.03. The fraction of sp³-hybridized carbons (Fsp3) is 0.227. The predicted octanol–water partition coefficient (Wildman–Crippen LogP) is 3.78. The molecular formula is C22H23N3O2. The average molecular weight is 361 g/mol. The van der Waals surface area contributed by atoms with E-state index in [1.165, 1.54) is 16.8 Å². The second-order valence-electron chi connectivity index (χ2n) is 6.93. The summed E-state index contributed by atoms with van der Waals surface area (Å²) in [5.74, 6) is -0.331. The fourth-order valence-corrected chi connectivity index (χ4v) is 3.10. The SMILES string of the molecule is Cc1ccc(Cn2nc(C(=O)Nc3c(C)cc(C)cc3C)ccc2=O)cc1. The van der Waals surface area contributed by atoms with Crippen LogP contribution >= 0.6 is 0 Å². The third-order valence-corrected chi connectivity index (χ3v) is 4.47. The summed E-state index contributed by atoms with van der Waals surface area (Å²) in [6.07, 6.45) is 0. The van der Waals surface area contributed by atoms with Gasteiger partial charge >= 0.3 is 0 Å². The van der Waals surface area contributed by atoms with E-state index in [1.54, 1.807) is 0 Å². The number of aryl methyl sites for hydroxylation is 4. The highest BCUT2D eigenvalue weighted by Gasteiger charge is 2.13. The summed E-state index contributed by atoms with van der Waals surface area (Å²) in [4.78, 5) is 24.8. The third kappa shape index (κ3) is 4.31. The minimum atomic E-state index is -0.331. The van der Waals surface area contributed by atoms with Crippen LogP contribution < -0.4 is 10.9 Å². The standard InChI is InChI=1S/C22H23N3O2/c1-14-5-7-18(8-6-14)13-25-20(26)10-9-19(24-25)22(27)23-21-16(3)11-15(2)12-17(21)4/h5-12H,13H2,1-4H3,(H,23,27). The van der Waals surface area contributed by atoms with E-state index < -0.39 is 0 Å². The summed E-state index contributed by atoms with van der Waals surface area (Å²) < 4.78 is 1.31. The van der Waals surface area contributed by atoms with Crippen molar-refractivity contribution >= 4 is 11.6 Å². The molecule has 5 nitrogen and oxygen atoms in total. The van der Waals surface area contributed by atoms with Gasteiger partial charge in [-0.1, -0.05) is 47.5 Å². The lowest BCUT2D eigenvalue weighted by Gasteiger charge is -2.13. The smallest absolute Gasteiger partial charge is 0.276 e. The first-order chi connectivity index (χ1) is 12.8. The lowest BCUT2D eigenvalue weighted by molar-refractivity contribution is 0.101. The van der Waals surface area contributed by atoms with Crippen molar-refractivity contribution in [2.24, 2.45) is 0 Å². The van der Waals surface area contributed by atoms with Crippen LogP contribution in [0, 0.1) is 27.7 Å². The molecule has 0 bridgehead atoms. The predicted molar refractivity (Wildman–Crippen MR) is 107 cm³/mol. The van der Waals surface area contributed by atoms with E-state index >= 15 is 0 Å². The topological polar surface area (TPSA) is 64.0 Å². The number of hydrogen-bond acceptors (Lipinski definition) is 3. The van der Waals surface area contributed by atoms with Crippen LogP contribution in [0.15, 0.2) is 53.3 Å². The zero-order valence-corrected chi connectivity index (χ0v) is 16.0. The molecule has 1 aromatic heterocycles. The van der Waals surface area contributed by atoms with Crippen LogP contribution in [0.2, 0.25) is 0 Å². The molecule has 2 aromatic carbocycles. The maximum atomic E-state index is 12.7. The Labute approximate surface area is 158 Å². The van der Waals surface area contributed by atoms with Crippen LogP contribution in [0.25, 0.3) is 0 Å². The monoisotopic (exact) mass is 361 g/mol. The van der Waals surface area contributed by atoms with Crippen molar-refractivity contribution in [1.29, 1.82) is 0 Å². The molecule has 3 aromatic rings. The molecule has 0 atom stereocenters. The molecule has 3 rings (SSSR count). The van der Waals surface area contributed by atoms with Gasteiger partial charge in [0.05, 0.1) is 6.54 Å². The Morgan fingerprint density at radius 2 is 1.56 bits per heavy atom. The number of hydrogen-bond donors (Lipinski definition) is 1. The highest BCUT2D eigenvalue weighted by Crippen LogP contribution is 2.22. The molecule has 27 heavy (non-hydrogen) atoms. The summed E-state index contributed by atoms with van der Waals surface area (Å²) in [5, 5.41) is 7.18. The van der Waals surface area contributed by atoms with E-state index in [0.717, 1.165) is 33.5 Å². The Morgan fingerprint density at radius 1 is 0.926 bits per heavy atom. The summed E-state index contributed by atoms with van der Waals surface area (Å²) in [6, 6.07) is 14.8. The minimum Gasteiger partial charge on any atom is -0.320 e. The molecule has 1 amide bonds. The first-order valence-electron chi connectivity index (χ1n) is 8.86. The van der Waals surface area contributed by atoms with E-state index in [2.05, 4.69) is 10.4 Å². The molecule has 5 heteroatoms. The van der Waals surface area contributed by atoms with Crippen molar-refractivity contribution in [1.82, 2.24) is 9.78 Å². The number of aromatic nitrogens is 2. The molecule has 0 aliphatic carbocycles. The Balaban J connectivity index is 1.86. The quantitative estimate of drug-likeness (QED) is 0.769. The molecule has 1 heterocycles. The van der Waals surface area contributed by atoms with Crippen LogP contribution in [0.3, 0.4) is 0 Å². The van der Waals surface area contributed by atoms with Gasteiger partial charge in [0, 0.05) is 11.8 Å². The van der Waals surface area contributed by atoms with Crippen LogP contribution in [0.4, 0.5) is 5.69 Å². The molecule has 0 fully saturated rings. The lowest BCUT2D eigenvalue weighted by Crippen LogP contribution is -2.26. The molecular weight excluding hydrogens is 338 g/mol. The number of nitrogens with zero attached hydrogens (tertiary/aromatic N) is 2. The van der Waals surface area contributed by atoms with Crippen LogP contribution in [-0.2, 0) is 6.54 Å². The van der Waals surface area contributed by atoms with E-state index in [9.17, 15) is 9.59 Å². The van der Waals surface area contributed by atoms with Crippen LogP contribution in [-0.4, -0.2) is 15.7 Å². The molecule has 0 radical (unpaired) electrons. The zero-order chi connectivity index (χ0) is 19.6. The summed E-state index contributed by atoms with van der Waals surface area (Å²) in [7, 11) is 0. The number of amides is 1. The second kappa shape index (κ2) is 7.58. The van der Waals surface area contributed by atoms with E-state index in [0.29, 0.717) is 6.54 Å². The van der Waals surface area contributed by atoms with Gasteiger partial charge in [-0.2, -0.15) is 5.10 Å². The summed E-state index contributed by atoms with van der Waals surface area (Å²) in [5.41, 5.74) is 5.99. The fourth-order valence-electron chi connectivity index (χ4n) is 3.10. The molecule has 0 spiro atoms. The van der Waals surface area contributed by atoms with Gasteiger partial charge in [0.2, 0.25) is 0 Å². The van der Waals surface area contributed by atoms with E-state index in [4.69, 9.17) is 0 Å². The normalized spacial score (nSPS) is 10.7. The van der Waals surface area contributed by atoms with E-state index in [1.807, 2.05) is 64.1 Å². The molecule has 138 valence electrons. The number of rotatable bonds is 4. The lowest BCUT2D eigenvalue weighted by atomic mass is 10.1. The minimum absolute atomic E-state index is 0.209. The Bertz CT molecular complexity index is 1030. The molecule has 0 saturated carbocycles. The molecule has 0 aliphatic heterocycles. The van der Waals surface area contributed by atoms with Crippen molar-refractivity contribution in [3.8, 4) is 0 Å². The number of anilines is 1. The Hall–Kier alpha value is -3.21. The Kier molecular flexibility index (Phi) is 5.21. The maximum absolute atomic E-state index is 12.7. The van der Waals surface area contributed by atoms with Gasteiger partial charge in [0.1, 0.15) is 5.69 Å². The third-order valence-electron chi connectivity index (χ3n) is 4.47. The number of nitrogens with one attached hydrogen (secondary N) is 1. The second-order valence-corrected chi connectivity index (χ2v) is 6.93. The van der Waals surface area contributed by atoms with Gasteiger partial charge in [0.15, 0.2) is 0 Å². The van der Waals surface area contributed by atoms with Crippen molar-refractivity contribution < 1.29 is 4.79 Å². The van der Waals surface area contributed by atoms with Gasteiger partial charge in [-0.3, -0.25) is 9.59 Å². The Morgan fingerprint density at radius 3 is 2.19 bits per heavy atom. The first kappa shape index (κ1) is 18.6. The average Bonchev–Trinajstić information content (AvgIpc) is 2.61. The van der Waals surface area contributed by atoms with Gasteiger partial charge in [-0.25, -0.2) is 4.68 Å². The van der Waals surface area contributed by atoms with Crippen LogP contribution in [0.5, 0.6) is 0 Å². The van der Waals surface area contributed by atoms with Gasteiger partial charge < -0.3 is 5.32 Å². The highest BCUT2D eigenvalue weighted by atomic mass is 16.2. The molecule has 1 N–H and O–H groups in total. The van der Waals surface area contributed by atoms with Gasteiger partial charge in [0.25, 0.3) is 11.5 Å². The number of carbonyl (C=O) groups excluding carboxylic acids is 1. The summed E-state index contributed by atoms with van der Waals surface area (Å²) >= 11 is 0. The van der Waals surface area contributed by atoms with Crippen molar-refractivity contribution in [3.63, 3.8) is 0 Å². The molecule has 0 saturated heterocycles. The maximum Gasteiger partial charge on any atom is 0.276 e. The zero-order valence-electron chi connectivity index (χ0n) is 16.0. The van der Waals surface area contributed by atoms with Crippen molar-refractivity contribution in [2.45, 2.75) is 34.2 Å². The van der Waals surface area contributed by atoms with Crippen molar-refractivity contribution in [3.05, 3.63) is 92.4 Å². The molecule has 0 aliphatic rings. The number of carbonyl (C=O) groups is 1. The molecule has 0 unspecified atom stereocenters. The van der Waals surface area contributed by atoms with Gasteiger partial charge in [-0.05, 0) is 50.5 Å². The first-order valence-corrected chi connectivity index (χ1v) is 8.86. The number of benzene rings is 2. The largest absolute Gasteiger partial charge is 0.320 e. The van der Waals surface area contributed by atoms with Crippen molar-refractivity contribution in [2.75, 3.05) is 5.32 Å². The van der Waals surface area contributed by atoms with E-state index in [-0.39, 0.29) is 17.2 Å². The van der Waals surface area contributed by atoms with Gasteiger partial charge in [-0.15, -0.1) is 0 Å².